The van der Waals surface area contributed by atoms with Crippen LogP contribution in [0.25, 0.3) is 17.2 Å². The Balaban J connectivity index is 1.10. The van der Waals surface area contributed by atoms with Crippen LogP contribution in [0.15, 0.2) is 61.2 Å². The van der Waals surface area contributed by atoms with Crippen LogP contribution in [0.2, 0.25) is 0 Å². The van der Waals surface area contributed by atoms with E-state index in [4.69, 9.17) is 18.9 Å². The minimum Gasteiger partial charge on any atom is -0.460 e. The first kappa shape index (κ1) is 25.7. The minimum atomic E-state index is -1.30. The summed E-state index contributed by atoms with van der Waals surface area (Å²) in [6.07, 6.45) is 1.25. The lowest BCUT2D eigenvalue weighted by Crippen LogP contribution is -2.34. The van der Waals surface area contributed by atoms with Gasteiger partial charge < -0.3 is 34.5 Å². The lowest BCUT2D eigenvalue weighted by molar-refractivity contribution is -0.144. The Morgan fingerprint density at radius 2 is 1.93 bits per heavy atom. The number of fused-ring (bicyclic) bond motifs is 2. The van der Waals surface area contributed by atoms with Crippen molar-refractivity contribution in [2.75, 3.05) is 18.7 Å². The number of anilines is 1. The minimum absolute atomic E-state index is 0.203. The van der Waals surface area contributed by atoms with E-state index in [0.717, 1.165) is 16.7 Å². The van der Waals surface area contributed by atoms with E-state index < -0.39 is 30.5 Å². The zero-order valence-electron chi connectivity index (χ0n) is 21.5. The number of aromatic nitrogens is 4. The summed E-state index contributed by atoms with van der Waals surface area (Å²) in [7, 11) is 0. The summed E-state index contributed by atoms with van der Waals surface area (Å²) >= 11 is 0. The number of benzene rings is 2. The number of esters is 1. The predicted molar refractivity (Wildman–Crippen MR) is 142 cm³/mol. The lowest BCUT2D eigenvalue weighted by atomic mass is 10.1. The van der Waals surface area contributed by atoms with Gasteiger partial charge >= 0.3 is 5.97 Å². The first-order valence-corrected chi connectivity index (χ1v) is 12.7. The fourth-order valence-corrected chi connectivity index (χ4v) is 4.56. The van der Waals surface area contributed by atoms with Crippen molar-refractivity contribution in [1.82, 2.24) is 19.5 Å². The van der Waals surface area contributed by atoms with Gasteiger partial charge in [0.25, 0.3) is 0 Å². The summed E-state index contributed by atoms with van der Waals surface area (Å²) in [4.78, 5) is 25.2. The number of rotatable bonds is 8. The first-order chi connectivity index (χ1) is 19.5. The maximum Gasteiger partial charge on any atom is 0.330 e. The molecule has 2 unspecified atom stereocenters. The van der Waals surface area contributed by atoms with Crippen molar-refractivity contribution in [2.24, 2.45) is 0 Å². The standard InChI is InChI=1S/C28H27N5O7/c1-16-2-4-17(5-3-16)7-9-22(34)37-12-21-24(35)25(36)28(40-21)33-14-32-23-26(30-13-31-27(23)33)29-11-18-6-8-19-20(10-18)39-15-38-19/h2-10,13-14,21,24-25,28,35-36H,11-12,15H2,1H3,(H,29,30,31)/b9-7+/t21-,24?,25?,28-/m1/s1. The SMILES string of the molecule is Cc1ccc(/C=C/C(=O)OC[C@H]2O[C@@H](n3cnc4c(NCc5ccc6c(c5)OCO6)ncnc43)C(O)C2O)cc1. The highest BCUT2D eigenvalue weighted by Crippen LogP contribution is 2.34. The van der Waals surface area contributed by atoms with Crippen molar-refractivity contribution in [3.63, 3.8) is 0 Å². The highest BCUT2D eigenvalue weighted by atomic mass is 16.7. The fraction of sp³-hybridized carbons (Fsp3) is 0.286. The molecule has 2 aliphatic heterocycles. The van der Waals surface area contributed by atoms with Gasteiger partial charge in [-0.25, -0.2) is 19.7 Å². The number of carbonyl (C=O) groups excluding carboxylic acids is 1. The molecular weight excluding hydrogens is 518 g/mol. The average molecular weight is 546 g/mol. The number of aliphatic hydroxyl groups is 2. The molecule has 6 rings (SSSR count). The van der Waals surface area contributed by atoms with Gasteiger partial charge in [0.2, 0.25) is 6.79 Å². The van der Waals surface area contributed by atoms with Gasteiger partial charge in [-0.1, -0.05) is 35.9 Å². The van der Waals surface area contributed by atoms with Crippen LogP contribution in [-0.4, -0.2) is 67.4 Å². The molecule has 12 nitrogen and oxygen atoms in total. The molecule has 1 fully saturated rings. The average Bonchev–Trinajstić information content (AvgIpc) is 3.68. The lowest BCUT2D eigenvalue weighted by Gasteiger charge is -2.16. The van der Waals surface area contributed by atoms with Gasteiger partial charge in [0.15, 0.2) is 34.7 Å². The molecule has 2 aliphatic rings. The zero-order chi connectivity index (χ0) is 27.6. The normalized spacial score (nSPS) is 21.8. The van der Waals surface area contributed by atoms with Gasteiger partial charge in [-0.15, -0.1) is 0 Å². The van der Waals surface area contributed by atoms with E-state index in [1.807, 2.05) is 49.4 Å². The summed E-state index contributed by atoms with van der Waals surface area (Å²) in [6.45, 7) is 2.39. The van der Waals surface area contributed by atoms with Gasteiger partial charge in [0.1, 0.15) is 31.2 Å². The third-order valence-electron chi connectivity index (χ3n) is 6.75. The summed E-state index contributed by atoms with van der Waals surface area (Å²) in [5.74, 6) is 1.29. The number of carbonyl (C=O) groups is 1. The van der Waals surface area contributed by atoms with Crippen LogP contribution in [0.1, 0.15) is 22.9 Å². The first-order valence-electron chi connectivity index (χ1n) is 12.7. The van der Waals surface area contributed by atoms with E-state index in [0.29, 0.717) is 35.0 Å². The molecule has 1 saturated heterocycles. The van der Waals surface area contributed by atoms with Gasteiger partial charge in [-0.3, -0.25) is 4.57 Å². The van der Waals surface area contributed by atoms with Crippen molar-refractivity contribution in [3.8, 4) is 11.5 Å². The van der Waals surface area contributed by atoms with Gasteiger partial charge in [0.05, 0.1) is 6.33 Å². The van der Waals surface area contributed by atoms with Crippen molar-refractivity contribution < 1.29 is 34.0 Å². The molecule has 0 bridgehead atoms. The van der Waals surface area contributed by atoms with E-state index >= 15 is 0 Å². The monoisotopic (exact) mass is 545 g/mol. The second-order valence-corrected chi connectivity index (χ2v) is 9.51. The zero-order valence-corrected chi connectivity index (χ0v) is 21.5. The predicted octanol–water partition coefficient (Wildman–Crippen LogP) is 2.35. The molecule has 0 radical (unpaired) electrons. The largest absolute Gasteiger partial charge is 0.460 e. The number of aliphatic hydroxyl groups excluding tert-OH is 2. The Labute approximate surface area is 228 Å². The van der Waals surface area contributed by atoms with Gasteiger partial charge in [0, 0.05) is 12.6 Å². The number of imidazole rings is 1. The second-order valence-electron chi connectivity index (χ2n) is 9.51. The Morgan fingerprint density at radius 1 is 1.10 bits per heavy atom. The van der Waals surface area contributed by atoms with Crippen LogP contribution in [0.3, 0.4) is 0 Å². The molecule has 4 heterocycles. The van der Waals surface area contributed by atoms with Crippen LogP contribution in [0.4, 0.5) is 5.82 Å². The molecule has 2 aromatic heterocycles. The highest BCUT2D eigenvalue weighted by Gasteiger charge is 2.45. The summed E-state index contributed by atoms with van der Waals surface area (Å²) in [5, 5.41) is 24.6. The maximum atomic E-state index is 12.2. The van der Waals surface area contributed by atoms with Crippen molar-refractivity contribution in [1.29, 1.82) is 0 Å². The molecule has 206 valence electrons. The van der Waals surface area contributed by atoms with Gasteiger partial charge in [-0.05, 0) is 36.3 Å². The van der Waals surface area contributed by atoms with Crippen molar-refractivity contribution in [2.45, 2.75) is 38.0 Å². The van der Waals surface area contributed by atoms with Crippen LogP contribution in [0.5, 0.6) is 11.5 Å². The smallest absolute Gasteiger partial charge is 0.330 e. The molecule has 0 spiro atoms. The van der Waals surface area contributed by atoms with E-state index in [1.54, 1.807) is 6.08 Å². The topological polar surface area (TPSA) is 150 Å². The van der Waals surface area contributed by atoms with E-state index in [9.17, 15) is 15.0 Å². The molecule has 0 saturated carbocycles. The molecule has 4 aromatic rings. The maximum absolute atomic E-state index is 12.2. The molecular formula is C28H27N5O7. The quantitative estimate of drug-likeness (QED) is 0.221. The molecule has 2 aromatic carbocycles. The Morgan fingerprint density at radius 3 is 2.77 bits per heavy atom. The number of nitrogens with one attached hydrogen (secondary N) is 1. The number of hydrogen-bond donors (Lipinski definition) is 3. The summed E-state index contributed by atoms with van der Waals surface area (Å²) in [5.41, 5.74) is 3.79. The van der Waals surface area contributed by atoms with Crippen molar-refractivity contribution >= 4 is 29.0 Å². The summed E-state index contributed by atoms with van der Waals surface area (Å²) < 4.78 is 23.5. The second kappa shape index (κ2) is 10.9. The van der Waals surface area contributed by atoms with Gasteiger partial charge in [-0.2, -0.15) is 0 Å². The summed E-state index contributed by atoms with van der Waals surface area (Å²) in [6, 6.07) is 13.3. The Kier molecular flexibility index (Phi) is 7.03. The molecule has 40 heavy (non-hydrogen) atoms. The van der Waals surface area contributed by atoms with Crippen LogP contribution in [0, 0.1) is 6.92 Å². The molecule has 12 heteroatoms. The number of ether oxygens (including phenoxy) is 4. The number of aryl methyl sites for hydroxylation is 1. The molecule has 3 N–H and O–H groups in total. The molecule has 0 aliphatic carbocycles. The van der Waals surface area contributed by atoms with Crippen LogP contribution < -0.4 is 14.8 Å². The highest BCUT2D eigenvalue weighted by molar-refractivity contribution is 5.87. The van der Waals surface area contributed by atoms with E-state index in [1.165, 1.54) is 23.3 Å². The fourth-order valence-electron chi connectivity index (χ4n) is 4.56. The number of hydrogen-bond acceptors (Lipinski definition) is 11. The van der Waals surface area contributed by atoms with E-state index in [2.05, 4.69) is 20.3 Å². The van der Waals surface area contributed by atoms with Crippen LogP contribution >= 0.6 is 0 Å². The Hall–Kier alpha value is -4.52. The van der Waals surface area contributed by atoms with Crippen molar-refractivity contribution in [3.05, 3.63) is 77.9 Å². The third-order valence-corrected chi connectivity index (χ3v) is 6.75. The number of nitrogens with zero attached hydrogens (tertiary/aromatic N) is 4. The molecule has 4 atom stereocenters. The van der Waals surface area contributed by atoms with E-state index in [-0.39, 0.29) is 13.4 Å². The van der Waals surface area contributed by atoms with Crippen LogP contribution in [-0.2, 0) is 20.8 Å². The third kappa shape index (κ3) is 5.19. The molecule has 0 amide bonds. The Bertz CT molecular complexity index is 1550.